The zero-order valence-electron chi connectivity index (χ0n) is 10.2. The highest BCUT2D eigenvalue weighted by Gasteiger charge is 2.35. The van der Waals surface area contributed by atoms with Gasteiger partial charge in [0.1, 0.15) is 0 Å². The van der Waals surface area contributed by atoms with Crippen LogP contribution in [0.25, 0.3) is 0 Å². The van der Waals surface area contributed by atoms with Gasteiger partial charge in [-0.3, -0.25) is 4.79 Å². The molecule has 2 rings (SSSR count). The van der Waals surface area contributed by atoms with Crippen molar-refractivity contribution in [1.29, 1.82) is 0 Å². The molecule has 0 bridgehead atoms. The maximum Gasteiger partial charge on any atom is 0.237 e. The molecule has 1 amide bonds. The fourth-order valence-electron chi connectivity index (χ4n) is 2.75. The first-order chi connectivity index (χ1) is 7.63. The summed E-state index contributed by atoms with van der Waals surface area (Å²) in [5, 5.41) is 6.40. The lowest BCUT2D eigenvalue weighted by atomic mass is 10.00. The van der Waals surface area contributed by atoms with Gasteiger partial charge in [0.25, 0.3) is 0 Å². The Bertz CT molecular complexity index is 262. The third-order valence-electron chi connectivity index (χ3n) is 3.87. The molecule has 1 saturated carbocycles. The highest BCUT2D eigenvalue weighted by atomic mass is 16.5. The normalized spacial score (nSPS) is 32.9. The lowest BCUT2D eigenvalue weighted by molar-refractivity contribution is -0.124. The van der Waals surface area contributed by atoms with Gasteiger partial charge in [-0.2, -0.15) is 0 Å². The van der Waals surface area contributed by atoms with Gasteiger partial charge in [-0.25, -0.2) is 0 Å². The first kappa shape index (κ1) is 11.9. The zero-order chi connectivity index (χ0) is 11.6. The van der Waals surface area contributed by atoms with Crippen molar-refractivity contribution in [2.24, 2.45) is 0 Å². The lowest BCUT2D eigenvalue weighted by Crippen LogP contribution is -2.50. The van der Waals surface area contributed by atoms with Gasteiger partial charge in [-0.15, -0.1) is 0 Å². The Morgan fingerprint density at radius 2 is 2.12 bits per heavy atom. The molecule has 92 valence electrons. The van der Waals surface area contributed by atoms with Crippen LogP contribution in [0, 0.1) is 0 Å². The number of ether oxygens (including phenoxy) is 1. The van der Waals surface area contributed by atoms with Gasteiger partial charge in [-0.1, -0.05) is 12.8 Å². The molecule has 1 aliphatic carbocycles. The minimum absolute atomic E-state index is 0.0317. The predicted molar refractivity (Wildman–Crippen MR) is 62.2 cm³/mol. The monoisotopic (exact) mass is 226 g/mol. The Labute approximate surface area is 97.1 Å². The van der Waals surface area contributed by atoms with E-state index in [9.17, 15) is 4.79 Å². The van der Waals surface area contributed by atoms with Crippen molar-refractivity contribution >= 4 is 5.91 Å². The molecule has 16 heavy (non-hydrogen) atoms. The zero-order valence-corrected chi connectivity index (χ0v) is 10.2. The molecule has 2 unspecified atom stereocenters. The SMILES string of the molecule is COC1CNC(C(=O)NC2(C)CCCC2)C1. The summed E-state index contributed by atoms with van der Waals surface area (Å²) in [5.74, 6) is 0.143. The van der Waals surface area contributed by atoms with Crippen LogP contribution < -0.4 is 10.6 Å². The van der Waals surface area contributed by atoms with E-state index in [1.54, 1.807) is 7.11 Å². The van der Waals surface area contributed by atoms with Gasteiger partial charge >= 0.3 is 0 Å². The summed E-state index contributed by atoms with van der Waals surface area (Å²) >= 11 is 0. The maximum absolute atomic E-state index is 12.0. The Morgan fingerprint density at radius 1 is 1.44 bits per heavy atom. The van der Waals surface area contributed by atoms with E-state index in [2.05, 4.69) is 17.6 Å². The van der Waals surface area contributed by atoms with Crippen molar-refractivity contribution in [3.8, 4) is 0 Å². The number of amides is 1. The molecule has 1 aliphatic heterocycles. The summed E-state index contributed by atoms with van der Waals surface area (Å²) in [6.45, 7) is 2.94. The van der Waals surface area contributed by atoms with Gasteiger partial charge in [0.05, 0.1) is 12.1 Å². The topological polar surface area (TPSA) is 50.4 Å². The average Bonchev–Trinajstić information content (AvgIpc) is 2.86. The molecule has 0 aromatic carbocycles. The van der Waals surface area contributed by atoms with Gasteiger partial charge in [0.2, 0.25) is 5.91 Å². The van der Waals surface area contributed by atoms with E-state index in [-0.39, 0.29) is 23.6 Å². The smallest absolute Gasteiger partial charge is 0.237 e. The van der Waals surface area contributed by atoms with Gasteiger partial charge in [0.15, 0.2) is 0 Å². The van der Waals surface area contributed by atoms with Crippen molar-refractivity contribution in [3.63, 3.8) is 0 Å². The third-order valence-corrected chi connectivity index (χ3v) is 3.87. The molecular formula is C12H22N2O2. The standard InChI is InChI=1S/C12H22N2O2/c1-12(5-3-4-6-12)14-11(15)10-7-9(16-2)8-13-10/h9-10,13H,3-8H2,1-2H3,(H,14,15). The van der Waals surface area contributed by atoms with Crippen molar-refractivity contribution in [2.75, 3.05) is 13.7 Å². The van der Waals surface area contributed by atoms with Crippen LogP contribution in [0.2, 0.25) is 0 Å². The molecule has 0 radical (unpaired) electrons. The summed E-state index contributed by atoms with van der Waals surface area (Å²) in [6, 6.07) is -0.0672. The van der Waals surface area contributed by atoms with Crippen LogP contribution in [0.5, 0.6) is 0 Å². The average molecular weight is 226 g/mol. The first-order valence-electron chi connectivity index (χ1n) is 6.21. The minimum atomic E-state index is -0.0672. The molecule has 4 nitrogen and oxygen atoms in total. The second-order valence-electron chi connectivity index (χ2n) is 5.31. The molecule has 1 heterocycles. The summed E-state index contributed by atoms with van der Waals surface area (Å²) in [4.78, 5) is 12.0. The first-order valence-corrected chi connectivity index (χ1v) is 6.21. The molecule has 2 aliphatic rings. The minimum Gasteiger partial charge on any atom is -0.380 e. The van der Waals surface area contributed by atoms with E-state index in [0.29, 0.717) is 0 Å². The van der Waals surface area contributed by atoms with Crippen LogP contribution >= 0.6 is 0 Å². The summed E-state index contributed by atoms with van der Waals surface area (Å²) in [7, 11) is 1.70. The van der Waals surface area contributed by atoms with Crippen molar-refractivity contribution in [3.05, 3.63) is 0 Å². The molecule has 0 aromatic rings. The van der Waals surface area contributed by atoms with E-state index in [0.717, 1.165) is 25.8 Å². The third kappa shape index (κ3) is 2.55. The molecule has 2 fully saturated rings. The van der Waals surface area contributed by atoms with Gasteiger partial charge < -0.3 is 15.4 Å². The summed E-state index contributed by atoms with van der Waals surface area (Å²) in [5.41, 5.74) is 0.0317. The van der Waals surface area contributed by atoms with E-state index >= 15 is 0 Å². The maximum atomic E-state index is 12.0. The van der Waals surface area contributed by atoms with Gasteiger partial charge in [-0.05, 0) is 26.2 Å². The van der Waals surface area contributed by atoms with E-state index < -0.39 is 0 Å². The predicted octanol–water partition coefficient (Wildman–Crippen LogP) is 0.812. The number of carbonyl (C=O) groups excluding carboxylic acids is 1. The van der Waals surface area contributed by atoms with Crippen LogP contribution in [-0.2, 0) is 9.53 Å². The second-order valence-corrected chi connectivity index (χ2v) is 5.31. The summed E-state index contributed by atoms with van der Waals surface area (Å²) in [6.07, 6.45) is 5.66. The Balaban J connectivity index is 1.84. The van der Waals surface area contributed by atoms with E-state index in [1.807, 2.05) is 0 Å². The highest BCUT2D eigenvalue weighted by Crippen LogP contribution is 2.29. The van der Waals surface area contributed by atoms with Crippen molar-refractivity contribution in [1.82, 2.24) is 10.6 Å². The molecule has 2 N–H and O–H groups in total. The number of rotatable bonds is 3. The molecule has 2 atom stereocenters. The Hall–Kier alpha value is -0.610. The molecule has 1 saturated heterocycles. The quantitative estimate of drug-likeness (QED) is 0.749. The number of hydrogen-bond acceptors (Lipinski definition) is 3. The Morgan fingerprint density at radius 3 is 2.69 bits per heavy atom. The van der Waals surface area contributed by atoms with Crippen LogP contribution in [0.3, 0.4) is 0 Å². The van der Waals surface area contributed by atoms with Crippen LogP contribution in [0.1, 0.15) is 39.0 Å². The number of carbonyl (C=O) groups is 1. The van der Waals surface area contributed by atoms with Crippen molar-refractivity contribution in [2.45, 2.75) is 56.7 Å². The van der Waals surface area contributed by atoms with Crippen LogP contribution in [0.15, 0.2) is 0 Å². The fourth-order valence-corrected chi connectivity index (χ4v) is 2.75. The van der Waals surface area contributed by atoms with Gasteiger partial charge in [0, 0.05) is 19.2 Å². The molecule has 4 heteroatoms. The lowest BCUT2D eigenvalue weighted by Gasteiger charge is -2.27. The molecule has 0 spiro atoms. The van der Waals surface area contributed by atoms with Crippen molar-refractivity contribution < 1.29 is 9.53 Å². The number of hydrogen-bond donors (Lipinski definition) is 2. The highest BCUT2D eigenvalue weighted by molar-refractivity contribution is 5.82. The number of nitrogens with one attached hydrogen (secondary N) is 2. The largest absolute Gasteiger partial charge is 0.380 e. The van der Waals surface area contributed by atoms with Crippen LogP contribution in [0.4, 0.5) is 0 Å². The Kier molecular flexibility index (Phi) is 3.50. The molecule has 0 aromatic heterocycles. The van der Waals surface area contributed by atoms with E-state index in [1.165, 1.54) is 12.8 Å². The summed E-state index contributed by atoms with van der Waals surface area (Å²) < 4.78 is 5.24. The fraction of sp³-hybridized carbons (Fsp3) is 0.917. The van der Waals surface area contributed by atoms with Crippen LogP contribution in [-0.4, -0.2) is 37.2 Å². The number of methoxy groups -OCH3 is 1. The second kappa shape index (κ2) is 4.72. The molecular weight excluding hydrogens is 204 g/mol. The van der Waals surface area contributed by atoms with E-state index in [4.69, 9.17) is 4.74 Å².